The molecule has 1 aromatic carbocycles. The Morgan fingerprint density at radius 1 is 1.27 bits per heavy atom. The summed E-state index contributed by atoms with van der Waals surface area (Å²) in [6.07, 6.45) is 1.27. The summed E-state index contributed by atoms with van der Waals surface area (Å²) >= 11 is 6.14. The number of amides is 3. The molecule has 9 nitrogen and oxygen atoms in total. The summed E-state index contributed by atoms with van der Waals surface area (Å²) < 4.78 is 67.9. The molecule has 3 aliphatic heterocycles. The van der Waals surface area contributed by atoms with Crippen molar-refractivity contribution in [1.29, 1.82) is 0 Å². The van der Waals surface area contributed by atoms with Gasteiger partial charge in [0, 0.05) is 41.9 Å². The highest BCUT2D eigenvalue weighted by atomic mass is 35.5. The van der Waals surface area contributed by atoms with Gasteiger partial charge >= 0.3 is 0 Å². The number of sulfone groups is 1. The zero-order chi connectivity index (χ0) is 29.4. The number of alkyl halides is 2. The average molecular weight is 605 g/mol. The molecule has 0 unspecified atom stereocenters. The highest BCUT2D eigenvalue weighted by Crippen LogP contribution is 2.49. The lowest BCUT2D eigenvalue weighted by molar-refractivity contribution is -0.193. The van der Waals surface area contributed by atoms with E-state index in [0.29, 0.717) is 48.0 Å². The first-order chi connectivity index (χ1) is 18.7. The Hall–Kier alpha value is -2.80. The predicted molar refractivity (Wildman–Crippen MR) is 143 cm³/mol. The fraction of sp³-hybridized carbons (Fsp3) is 0.577. The Morgan fingerprint density at radius 3 is 2.62 bits per heavy atom. The lowest BCUT2D eigenvalue weighted by Crippen LogP contribution is -2.69. The van der Waals surface area contributed by atoms with Crippen molar-refractivity contribution in [3.05, 3.63) is 40.0 Å². The molecule has 40 heavy (non-hydrogen) atoms. The maximum atomic E-state index is 15.0. The number of halogens is 4. The van der Waals surface area contributed by atoms with E-state index in [0.717, 1.165) is 0 Å². The zero-order valence-electron chi connectivity index (χ0n) is 22.1. The molecule has 0 spiro atoms. The van der Waals surface area contributed by atoms with Gasteiger partial charge in [-0.15, -0.1) is 0 Å². The standard InChI is InChI=1S/C26H32ClF3N4O5S/c1-14-19(27)4-3-5-20(14)32-13-22(35)34-17-6-7-18(26(29,30)12-17)23(34)25(37)33-16(11-21(28)40(2,38)39)10-15-8-9-31-24(15)36/h3-5,11,15-18,23,32H,6-10,12-13H2,1-2H3,(H,31,36)(H,33,37)/b21-11-/t15-,16-,17+,18+,23+/m1/s1. The van der Waals surface area contributed by atoms with Crippen LogP contribution in [0.3, 0.4) is 0 Å². The van der Waals surface area contributed by atoms with E-state index in [4.69, 9.17) is 11.6 Å². The van der Waals surface area contributed by atoms with Gasteiger partial charge in [-0.05, 0) is 56.4 Å². The molecular weight excluding hydrogens is 573 g/mol. The molecule has 1 aromatic rings. The molecule has 3 heterocycles. The molecule has 220 valence electrons. The van der Waals surface area contributed by atoms with E-state index in [1.54, 1.807) is 25.1 Å². The number of rotatable bonds is 9. The summed E-state index contributed by atoms with van der Waals surface area (Å²) in [5, 5.41) is 7.01. The van der Waals surface area contributed by atoms with Crippen LogP contribution in [0.4, 0.5) is 18.9 Å². The maximum Gasteiger partial charge on any atom is 0.255 e. The number of carbonyl (C=O) groups is 3. The lowest BCUT2D eigenvalue weighted by Gasteiger charge is -2.53. The van der Waals surface area contributed by atoms with E-state index in [9.17, 15) is 27.2 Å². The molecule has 3 saturated heterocycles. The van der Waals surface area contributed by atoms with Crippen LogP contribution >= 0.6 is 11.6 Å². The number of carbonyl (C=O) groups excluding carboxylic acids is 3. The van der Waals surface area contributed by atoms with Crippen LogP contribution in [0.15, 0.2) is 29.4 Å². The normalized spacial score (nSPS) is 26.8. The summed E-state index contributed by atoms with van der Waals surface area (Å²) in [6, 6.07) is 1.34. The summed E-state index contributed by atoms with van der Waals surface area (Å²) in [6.45, 7) is 1.83. The number of nitrogens with zero attached hydrogens (tertiary/aromatic N) is 1. The van der Waals surface area contributed by atoms with Gasteiger partial charge in [0.1, 0.15) is 6.04 Å². The third kappa shape index (κ3) is 6.40. The second-order valence-corrected chi connectivity index (χ2v) is 13.0. The first-order valence-electron chi connectivity index (χ1n) is 13.0. The smallest absolute Gasteiger partial charge is 0.255 e. The van der Waals surface area contributed by atoms with Gasteiger partial charge in [0.25, 0.3) is 5.92 Å². The van der Waals surface area contributed by atoms with E-state index in [-0.39, 0.29) is 25.3 Å². The largest absolute Gasteiger partial charge is 0.376 e. The summed E-state index contributed by atoms with van der Waals surface area (Å²) in [5.74, 6) is -7.20. The van der Waals surface area contributed by atoms with Crippen molar-refractivity contribution in [3.8, 4) is 0 Å². The molecule has 1 saturated carbocycles. The number of anilines is 1. The van der Waals surface area contributed by atoms with Crippen LogP contribution in [0.25, 0.3) is 0 Å². The van der Waals surface area contributed by atoms with Crippen molar-refractivity contribution in [2.75, 3.05) is 24.7 Å². The van der Waals surface area contributed by atoms with Gasteiger partial charge in [0.2, 0.25) is 32.7 Å². The van der Waals surface area contributed by atoms with Crippen LogP contribution in [0.2, 0.25) is 5.02 Å². The molecule has 0 aromatic heterocycles. The van der Waals surface area contributed by atoms with Gasteiger partial charge in [-0.2, -0.15) is 4.39 Å². The van der Waals surface area contributed by atoms with Crippen LogP contribution in [-0.4, -0.2) is 74.4 Å². The van der Waals surface area contributed by atoms with Crippen molar-refractivity contribution >= 4 is 44.8 Å². The van der Waals surface area contributed by atoms with Gasteiger partial charge in [0.15, 0.2) is 0 Å². The predicted octanol–water partition coefficient (Wildman–Crippen LogP) is 2.94. The number of benzene rings is 1. The fourth-order valence-corrected chi connectivity index (χ4v) is 6.41. The van der Waals surface area contributed by atoms with Crippen LogP contribution in [0.5, 0.6) is 0 Å². The third-order valence-electron chi connectivity index (χ3n) is 7.91. The maximum absolute atomic E-state index is 15.0. The van der Waals surface area contributed by atoms with E-state index in [1.807, 2.05) is 0 Å². The van der Waals surface area contributed by atoms with Crippen molar-refractivity contribution in [1.82, 2.24) is 15.5 Å². The van der Waals surface area contributed by atoms with E-state index in [2.05, 4.69) is 16.0 Å². The monoisotopic (exact) mass is 604 g/mol. The fourth-order valence-electron chi connectivity index (χ4n) is 5.82. The SMILES string of the molecule is Cc1c(Cl)cccc1NCC(=O)N1[C@H]2CC[C@@H]([C@H]1C(=O)N[C@@H](/C=C(/F)S(C)(=O)=O)C[C@H]1CCNC1=O)C(F)(F)C2. The Bertz CT molecular complexity index is 1330. The molecule has 5 atom stereocenters. The number of nitrogens with one attached hydrogen (secondary N) is 3. The molecule has 3 N–H and O–H groups in total. The number of hydrogen-bond acceptors (Lipinski definition) is 6. The summed E-state index contributed by atoms with van der Waals surface area (Å²) in [7, 11) is -4.26. The number of piperidine rings is 2. The second kappa shape index (κ2) is 11.6. The molecular formula is C26H32ClF3N4O5S. The van der Waals surface area contributed by atoms with Gasteiger partial charge in [-0.1, -0.05) is 17.7 Å². The Morgan fingerprint density at radius 2 is 2.00 bits per heavy atom. The number of hydrogen-bond donors (Lipinski definition) is 3. The summed E-state index contributed by atoms with van der Waals surface area (Å²) in [5.41, 5.74) is 1.27. The Kier molecular flexibility index (Phi) is 8.74. The lowest BCUT2D eigenvalue weighted by atomic mass is 9.71. The first-order valence-corrected chi connectivity index (χ1v) is 15.3. The first kappa shape index (κ1) is 30.2. The van der Waals surface area contributed by atoms with E-state index in [1.165, 1.54) is 4.90 Å². The van der Waals surface area contributed by atoms with Crippen LogP contribution in [0, 0.1) is 18.8 Å². The average Bonchev–Trinajstić information content (AvgIpc) is 3.27. The molecule has 4 fully saturated rings. The minimum Gasteiger partial charge on any atom is -0.376 e. The third-order valence-corrected chi connectivity index (χ3v) is 9.16. The van der Waals surface area contributed by atoms with Gasteiger partial charge in [0.05, 0.1) is 18.5 Å². The van der Waals surface area contributed by atoms with E-state index < -0.39 is 69.1 Å². The minimum absolute atomic E-state index is 0.00357. The van der Waals surface area contributed by atoms with Crippen LogP contribution in [-0.2, 0) is 24.2 Å². The highest BCUT2D eigenvalue weighted by Gasteiger charge is 2.60. The quantitative estimate of drug-likeness (QED) is 0.398. The van der Waals surface area contributed by atoms with Crippen molar-refractivity contribution in [2.24, 2.45) is 11.8 Å². The van der Waals surface area contributed by atoms with Crippen molar-refractivity contribution in [2.45, 2.75) is 63.1 Å². The second-order valence-electron chi connectivity index (χ2n) is 10.7. The molecule has 4 aliphatic rings. The minimum atomic E-state index is -4.26. The Labute approximate surface area is 235 Å². The van der Waals surface area contributed by atoms with E-state index >= 15 is 8.78 Å². The highest BCUT2D eigenvalue weighted by molar-refractivity contribution is 7.94. The molecule has 1 aliphatic carbocycles. The summed E-state index contributed by atoms with van der Waals surface area (Å²) in [4.78, 5) is 40.3. The van der Waals surface area contributed by atoms with Gasteiger partial charge in [-0.25, -0.2) is 17.2 Å². The molecule has 5 rings (SSSR count). The number of fused-ring (bicyclic) bond motifs is 3. The van der Waals surface area contributed by atoms with Crippen LogP contribution in [0.1, 0.15) is 37.7 Å². The van der Waals surface area contributed by atoms with Crippen LogP contribution < -0.4 is 16.0 Å². The van der Waals surface area contributed by atoms with Crippen molar-refractivity contribution < 1.29 is 36.0 Å². The van der Waals surface area contributed by atoms with Gasteiger partial charge < -0.3 is 20.9 Å². The van der Waals surface area contributed by atoms with Crippen molar-refractivity contribution in [3.63, 3.8) is 0 Å². The zero-order valence-corrected chi connectivity index (χ0v) is 23.6. The molecule has 2 bridgehead atoms. The molecule has 0 radical (unpaired) electrons. The topological polar surface area (TPSA) is 125 Å². The molecule has 3 amide bonds. The Balaban J connectivity index is 1.59. The molecule has 14 heteroatoms. The van der Waals surface area contributed by atoms with Gasteiger partial charge in [-0.3, -0.25) is 14.4 Å².